The molecule has 1 aliphatic rings. The van der Waals surface area contributed by atoms with Crippen LogP contribution in [0.25, 0.3) is 11.0 Å². The summed E-state index contributed by atoms with van der Waals surface area (Å²) in [4.78, 5) is 12.7. The Morgan fingerprint density at radius 3 is 2.41 bits per heavy atom. The smallest absolute Gasteiger partial charge is 0.193 e. The Bertz CT molecular complexity index is 937. The number of hydrogen-bond donors (Lipinski definition) is 6. The maximum Gasteiger partial charge on any atom is 0.193 e. The maximum atomic E-state index is 12.7. The molecule has 3 rings (SSSR count). The quantitative estimate of drug-likeness (QED) is 0.345. The zero-order valence-corrected chi connectivity index (χ0v) is 15.8. The Morgan fingerprint density at radius 1 is 1.14 bits per heavy atom. The first kappa shape index (κ1) is 21.7. The summed E-state index contributed by atoms with van der Waals surface area (Å²) in [6.07, 6.45) is -8.81. The largest absolute Gasteiger partial charge is 0.496 e. The maximum absolute atomic E-state index is 12.7. The highest BCUT2D eigenvalue weighted by Crippen LogP contribution is 2.42. The number of ether oxygens (including phenoxy) is 2. The van der Waals surface area contributed by atoms with Crippen molar-refractivity contribution in [2.24, 2.45) is 0 Å². The number of fused-ring (bicyclic) bond motifs is 1. The first-order valence-corrected chi connectivity index (χ1v) is 8.99. The van der Waals surface area contributed by atoms with Gasteiger partial charge in [0.25, 0.3) is 0 Å². The minimum atomic E-state index is -1.65. The zero-order chi connectivity index (χ0) is 21.5. The van der Waals surface area contributed by atoms with Gasteiger partial charge in [-0.2, -0.15) is 0 Å². The van der Waals surface area contributed by atoms with E-state index in [4.69, 9.17) is 13.9 Å². The molecule has 0 bridgehead atoms. The van der Waals surface area contributed by atoms with Gasteiger partial charge in [-0.05, 0) is 18.6 Å². The van der Waals surface area contributed by atoms with Crippen LogP contribution in [-0.2, 0) is 4.74 Å². The van der Waals surface area contributed by atoms with E-state index in [-0.39, 0.29) is 28.0 Å². The lowest BCUT2D eigenvalue weighted by atomic mass is 9.89. The molecule has 0 spiro atoms. The second-order valence-corrected chi connectivity index (χ2v) is 6.97. The Labute approximate surface area is 165 Å². The molecule has 0 radical (unpaired) electrons. The summed E-state index contributed by atoms with van der Waals surface area (Å²) in [5.74, 6) is -0.0402. The van der Waals surface area contributed by atoms with E-state index >= 15 is 0 Å². The topological polar surface area (TPSA) is 170 Å². The second kappa shape index (κ2) is 8.36. The van der Waals surface area contributed by atoms with Crippen molar-refractivity contribution < 1.29 is 44.5 Å². The van der Waals surface area contributed by atoms with Crippen LogP contribution < -0.4 is 10.2 Å². The van der Waals surface area contributed by atoms with Gasteiger partial charge in [-0.15, -0.1) is 0 Å². The molecule has 2 aromatic rings. The molecule has 6 atom stereocenters. The van der Waals surface area contributed by atoms with Gasteiger partial charge < -0.3 is 44.5 Å². The van der Waals surface area contributed by atoms with Crippen LogP contribution in [-0.4, -0.2) is 75.4 Å². The monoisotopic (exact) mass is 412 g/mol. The number of aryl methyl sites for hydroxylation is 1. The van der Waals surface area contributed by atoms with E-state index in [1.54, 1.807) is 6.92 Å². The van der Waals surface area contributed by atoms with E-state index in [1.165, 1.54) is 13.2 Å². The highest BCUT2D eigenvalue weighted by Gasteiger charge is 2.46. The first-order valence-electron chi connectivity index (χ1n) is 8.99. The average Bonchev–Trinajstić information content (AvgIpc) is 2.71. The average molecular weight is 412 g/mol. The highest BCUT2D eigenvalue weighted by molar-refractivity contribution is 5.86. The van der Waals surface area contributed by atoms with Gasteiger partial charge in [-0.25, -0.2) is 0 Å². The Balaban J connectivity index is 2.31. The summed E-state index contributed by atoms with van der Waals surface area (Å²) in [7, 11) is 1.35. The van der Waals surface area contributed by atoms with E-state index in [1.807, 2.05) is 0 Å². The molecule has 1 aromatic carbocycles. The molecular weight excluding hydrogens is 388 g/mol. The van der Waals surface area contributed by atoms with E-state index < -0.39 is 55.3 Å². The predicted molar refractivity (Wildman–Crippen MR) is 98.5 cm³/mol. The van der Waals surface area contributed by atoms with Crippen molar-refractivity contribution in [2.45, 2.75) is 43.5 Å². The molecule has 1 aromatic heterocycles. The van der Waals surface area contributed by atoms with Crippen molar-refractivity contribution >= 4 is 11.0 Å². The SMILES string of the molecule is COc1cc(C)c2c(=O)cc([C@H](O)CO)oc2c1[C@@H]1O[C@H](CO)[C@@H](O)[C@H](O)[C@H]1O. The van der Waals surface area contributed by atoms with E-state index in [2.05, 4.69) is 0 Å². The number of aliphatic hydroxyl groups excluding tert-OH is 6. The number of aliphatic hydroxyl groups is 6. The molecule has 160 valence electrons. The lowest BCUT2D eigenvalue weighted by molar-refractivity contribution is -0.231. The van der Waals surface area contributed by atoms with Crippen molar-refractivity contribution in [3.05, 3.63) is 39.2 Å². The van der Waals surface area contributed by atoms with Crippen molar-refractivity contribution in [3.63, 3.8) is 0 Å². The molecular formula is C19H24O10. The second-order valence-electron chi connectivity index (χ2n) is 6.97. The zero-order valence-electron chi connectivity index (χ0n) is 15.8. The van der Waals surface area contributed by atoms with Crippen molar-refractivity contribution in [1.29, 1.82) is 0 Å². The van der Waals surface area contributed by atoms with Crippen molar-refractivity contribution in [2.75, 3.05) is 20.3 Å². The Hall–Kier alpha value is -2.05. The van der Waals surface area contributed by atoms with Crippen LogP contribution in [0.2, 0.25) is 0 Å². The summed E-state index contributed by atoms with van der Waals surface area (Å²) in [6, 6.07) is 2.58. The van der Waals surface area contributed by atoms with Gasteiger partial charge >= 0.3 is 0 Å². The van der Waals surface area contributed by atoms with Gasteiger partial charge in [0.05, 0.1) is 31.3 Å². The van der Waals surface area contributed by atoms with Crippen LogP contribution in [0.3, 0.4) is 0 Å². The summed E-state index contributed by atoms with van der Waals surface area (Å²) in [5.41, 5.74) is -0.0148. The molecule has 2 heterocycles. The first-order chi connectivity index (χ1) is 13.7. The fourth-order valence-corrected chi connectivity index (χ4v) is 3.57. The van der Waals surface area contributed by atoms with Crippen LogP contribution in [0.4, 0.5) is 0 Å². The molecule has 1 fully saturated rings. The standard InChI is InChI=1S/C19H24O10/c1-7-3-11(27-2)14(19-17(26)16(25)15(24)12(6-21)29-19)18-13(7)8(22)4-10(28-18)9(23)5-20/h3-4,9,12,15-17,19-21,23-26H,5-6H2,1-2H3/t9-,12-,15-,16+,17-,19+/m1/s1. The fraction of sp³-hybridized carbons (Fsp3) is 0.526. The molecule has 1 aliphatic heterocycles. The van der Waals surface area contributed by atoms with Crippen LogP contribution >= 0.6 is 0 Å². The Kier molecular flexibility index (Phi) is 6.24. The highest BCUT2D eigenvalue weighted by atomic mass is 16.5. The fourth-order valence-electron chi connectivity index (χ4n) is 3.57. The minimum absolute atomic E-state index is 0.0640. The van der Waals surface area contributed by atoms with Crippen LogP contribution in [0.15, 0.2) is 21.3 Å². The third-order valence-corrected chi connectivity index (χ3v) is 5.12. The molecule has 0 saturated carbocycles. The number of methoxy groups -OCH3 is 1. The summed E-state index contributed by atoms with van der Waals surface area (Å²) in [5, 5.41) is 59.5. The normalized spacial score (nSPS) is 28.5. The molecule has 29 heavy (non-hydrogen) atoms. The lowest BCUT2D eigenvalue weighted by Crippen LogP contribution is -2.55. The van der Waals surface area contributed by atoms with Crippen molar-refractivity contribution in [1.82, 2.24) is 0 Å². The predicted octanol–water partition coefficient (Wildman–Crippen LogP) is -1.35. The van der Waals surface area contributed by atoms with Gasteiger partial charge in [-0.1, -0.05) is 0 Å². The molecule has 10 nitrogen and oxygen atoms in total. The van der Waals surface area contributed by atoms with E-state index in [9.17, 15) is 35.4 Å². The number of benzene rings is 1. The van der Waals surface area contributed by atoms with Crippen LogP contribution in [0, 0.1) is 6.92 Å². The number of hydrogen-bond acceptors (Lipinski definition) is 10. The van der Waals surface area contributed by atoms with Gasteiger partial charge in [0.15, 0.2) is 5.43 Å². The van der Waals surface area contributed by atoms with E-state index in [0.717, 1.165) is 6.07 Å². The van der Waals surface area contributed by atoms with Gasteiger partial charge in [0.2, 0.25) is 0 Å². The Morgan fingerprint density at radius 2 is 1.83 bits per heavy atom. The lowest BCUT2D eigenvalue weighted by Gasteiger charge is -2.40. The van der Waals surface area contributed by atoms with Crippen LogP contribution in [0.1, 0.15) is 29.1 Å². The third-order valence-electron chi connectivity index (χ3n) is 5.12. The summed E-state index contributed by atoms with van der Waals surface area (Å²) < 4.78 is 16.7. The molecule has 10 heteroatoms. The molecule has 1 saturated heterocycles. The van der Waals surface area contributed by atoms with Gasteiger partial charge in [0, 0.05) is 6.07 Å². The molecule has 6 N–H and O–H groups in total. The number of rotatable bonds is 5. The van der Waals surface area contributed by atoms with Gasteiger partial charge in [-0.3, -0.25) is 4.79 Å². The van der Waals surface area contributed by atoms with Crippen LogP contribution in [0.5, 0.6) is 5.75 Å². The summed E-state index contributed by atoms with van der Waals surface area (Å²) >= 11 is 0. The minimum Gasteiger partial charge on any atom is -0.496 e. The summed E-state index contributed by atoms with van der Waals surface area (Å²) in [6.45, 7) is 0.319. The third kappa shape index (κ3) is 3.64. The molecule has 0 unspecified atom stereocenters. The molecule has 0 amide bonds. The molecule has 0 aliphatic carbocycles. The van der Waals surface area contributed by atoms with E-state index in [0.29, 0.717) is 5.56 Å². The van der Waals surface area contributed by atoms with Gasteiger partial charge in [0.1, 0.15) is 53.7 Å². The van der Waals surface area contributed by atoms with Crippen molar-refractivity contribution in [3.8, 4) is 5.75 Å².